The molecule has 0 saturated carbocycles. The number of aryl methyl sites for hydroxylation is 3. The van der Waals surface area contributed by atoms with Crippen molar-refractivity contribution in [3.8, 4) is 0 Å². The van der Waals surface area contributed by atoms with Crippen LogP contribution in [-0.2, 0) is 19.3 Å². The van der Waals surface area contributed by atoms with E-state index in [1.165, 1.54) is 86.5 Å². The lowest BCUT2D eigenvalue weighted by molar-refractivity contribution is 0.548. The highest BCUT2D eigenvalue weighted by Crippen LogP contribution is 2.42. The van der Waals surface area contributed by atoms with Crippen molar-refractivity contribution < 1.29 is 0 Å². The van der Waals surface area contributed by atoms with Gasteiger partial charge in [-0.15, -0.1) is 0 Å². The number of fused-ring (bicyclic) bond motifs is 7. The monoisotopic (exact) mass is 559 g/mol. The summed E-state index contributed by atoms with van der Waals surface area (Å²) < 4.78 is 0. The van der Waals surface area contributed by atoms with E-state index in [0.717, 1.165) is 12.8 Å². The Balaban J connectivity index is 0.000000177. The topological polar surface area (TPSA) is 43.6 Å². The molecule has 2 heterocycles. The summed E-state index contributed by atoms with van der Waals surface area (Å²) in [7, 11) is 0. The van der Waals surface area contributed by atoms with Crippen LogP contribution in [0.1, 0.15) is 53.3 Å². The summed E-state index contributed by atoms with van der Waals surface area (Å²) >= 11 is 0. The van der Waals surface area contributed by atoms with Crippen LogP contribution in [0.2, 0.25) is 0 Å². The maximum atomic E-state index is 3.90. The van der Waals surface area contributed by atoms with Gasteiger partial charge in [0.05, 0.1) is 0 Å². The summed E-state index contributed by atoms with van der Waals surface area (Å²) in [5.41, 5.74) is 11.0. The average Bonchev–Trinajstić information content (AvgIpc) is 3.64. The number of H-pyrrole nitrogens is 2. The molecule has 2 aliphatic carbocycles. The summed E-state index contributed by atoms with van der Waals surface area (Å²) in [5, 5.41) is 9.26. The number of hydrogen-bond acceptors (Lipinski definition) is 1. The molecule has 212 valence electrons. The summed E-state index contributed by atoms with van der Waals surface area (Å²) in [5.74, 6) is 0.317. The second-order valence-corrected chi connectivity index (χ2v) is 12.1. The van der Waals surface area contributed by atoms with Gasteiger partial charge in [0.15, 0.2) is 0 Å². The van der Waals surface area contributed by atoms with Crippen LogP contribution in [0.25, 0.3) is 32.6 Å². The first kappa shape index (κ1) is 25.9. The Bertz CT molecular complexity index is 2030. The van der Waals surface area contributed by atoms with Gasteiger partial charge in [0.2, 0.25) is 0 Å². The molecule has 0 radical (unpaired) electrons. The Morgan fingerprint density at radius 3 is 2.09 bits per heavy atom. The van der Waals surface area contributed by atoms with E-state index in [1.54, 1.807) is 5.56 Å². The zero-order valence-corrected chi connectivity index (χ0v) is 24.4. The van der Waals surface area contributed by atoms with Crippen molar-refractivity contribution in [1.82, 2.24) is 9.97 Å². The second kappa shape index (κ2) is 11.1. The molecule has 0 spiro atoms. The van der Waals surface area contributed by atoms with Crippen LogP contribution in [0.15, 0.2) is 121 Å². The maximum Gasteiger partial charge on any atom is 0.0459 e. The third-order valence-electron chi connectivity index (χ3n) is 9.51. The van der Waals surface area contributed by atoms with Gasteiger partial charge in [0.1, 0.15) is 0 Å². The first-order valence-electron chi connectivity index (χ1n) is 15.8. The largest absolute Gasteiger partial charge is 0.381 e. The van der Waals surface area contributed by atoms with Crippen molar-refractivity contribution in [2.24, 2.45) is 0 Å². The van der Waals surface area contributed by atoms with E-state index < -0.39 is 0 Å². The number of hydrogen-bond donors (Lipinski definition) is 3. The Hall–Kier alpha value is -4.76. The standard InChI is InChI=1S/C28H24N2.C12H13N/c1-2-9-20(10-3-1)27-25(29-22-15-14-19-8-4-5-11-21(19)18-22)16-17-26-28(27)23-12-6-7-13-24(23)30-26;1-3-7-11-9(5-1)10-6-2-4-8-12(10)13-11/h1-15,18,25,27,29-30H,16-17H2;1,3,5,7,13H,2,4,6,8H2. The lowest BCUT2D eigenvalue weighted by Gasteiger charge is -2.34. The van der Waals surface area contributed by atoms with Crippen molar-refractivity contribution in [1.29, 1.82) is 0 Å². The number of anilines is 1. The molecule has 2 atom stereocenters. The molecule has 0 aliphatic heterocycles. The van der Waals surface area contributed by atoms with Gasteiger partial charge in [0.25, 0.3) is 0 Å². The summed E-state index contributed by atoms with van der Waals surface area (Å²) in [4.78, 5) is 7.21. The molecule has 2 aliphatic rings. The smallest absolute Gasteiger partial charge is 0.0459 e. The van der Waals surface area contributed by atoms with E-state index in [9.17, 15) is 0 Å². The number of benzene rings is 5. The Labute approximate surface area is 253 Å². The second-order valence-electron chi connectivity index (χ2n) is 12.1. The normalized spacial score (nSPS) is 17.7. The van der Waals surface area contributed by atoms with Gasteiger partial charge in [0, 0.05) is 50.8 Å². The summed E-state index contributed by atoms with van der Waals surface area (Å²) in [6, 6.07) is 44.0. The maximum absolute atomic E-state index is 3.90. The van der Waals surface area contributed by atoms with Crippen LogP contribution in [0.3, 0.4) is 0 Å². The highest BCUT2D eigenvalue weighted by molar-refractivity contribution is 5.88. The van der Waals surface area contributed by atoms with Crippen LogP contribution in [0.5, 0.6) is 0 Å². The number of aromatic nitrogens is 2. The number of nitrogens with one attached hydrogen (secondary N) is 3. The number of aromatic amines is 2. The van der Waals surface area contributed by atoms with Crippen LogP contribution in [0, 0.1) is 0 Å². The van der Waals surface area contributed by atoms with Gasteiger partial charge in [-0.05, 0) is 90.3 Å². The molecule has 2 aromatic heterocycles. The molecule has 43 heavy (non-hydrogen) atoms. The van der Waals surface area contributed by atoms with Crippen LogP contribution in [0.4, 0.5) is 5.69 Å². The lowest BCUT2D eigenvalue weighted by Crippen LogP contribution is -2.32. The molecule has 0 bridgehead atoms. The van der Waals surface area contributed by atoms with Crippen molar-refractivity contribution in [3.63, 3.8) is 0 Å². The molecule has 7 aromatic rings. The van der Waals surface area contributed by atoms with Gasteiger partial charge in [-0.1, -0.05) is 97.1 Å². The SMILES string of the molecule is c1ccc(C2c3c([nH]c4ccccc34)CCC2Nc2ccc3ccccc3c2)cc1.c1ccc2c3c([nH]c2c1)CCCC3. The van der Waals surface area contributed by atoms with E-state index in [-0.39, 0.29) is 0 Å². The molecular formula is C40H37N3. The fraction of sp³-hybridized carbons (Fsp3) is 0.200. The molecule has 0 amide bonds. The minimum atomic E-state index is 0.317. The molecular weight excluding hydrogens is 522 g/mol. The van der Waals surface area contributed by atoms with Gasteiger partial charge < -0.3 is 15.3 Å². The van der Waals surface area contributed by atoms with Crippen LogP contribution >= 0.6 is 0 Å². The van der Waals surface area contributed by atoms with Crippen molar-refractivity contribution in [2.45, 2.75) is 50.5 Å². The van der Waals surface area contributed by atoms with Crippen molar-refractivity contribution in [3.05, 3.63) is 149 Å². The minimum Gasteiger partial charge on any atom is -0.381 e. The fourth-order valence-electron chi connectivity index (χ4n) is 7.51. The Kier molecular flexibility index (Phi) is 6.72. The first-order chi connectivity index (χ1) is 21.3. The van der Waals surface area contributed by atoms with Gasteiger partial charge in [-0.25, -0.2) is 0 Å². The van der Waals surface area contributed by atoms with E-state index in [2.05, 4.69) is 137 Å². The first-order valence-corrected chi connectivity index (χ1v) is 15.8. The van der Waals surface area contributed by atoms with Gasteiger partial charge >= 0.3 is 0 Å². The molecule has 3 N–H and O–H groups in total. The zero-order chi connectivity index (χ0) is 28.6. The van der Waals surface area contributed by atoms with Crippen LogP contribution < -0.4 is 5.32 Å². The highest BCUT2D eigenvalue weighted by atomic mass is 14.9. The molecule has 5 aromatic carbocycles. The third kappa shape index (κ3) is 4.89. The Morgan fingerprint density at radius 1 is 0.558 bits per heavy atom. The fourth-order valence-corrected chi connectivity index (χ4v) is 7.51. The third-order valence-corrected chi connectivity index (χ3v) is 9.51. The highest BCUT2D eigenvalue weighted by Gasteiger charge is 2.33. The molecule has 0 fully saturated rings. The molecule has 9 rings (SSSR count). The van der Waals surface area contributed by atoms with Crippen molar-refractivity contribution >= 4 is 38.3 Å². The van der Waals surface area contributed by atoms with E-state index in [1.807, 2.05) is 0 Å². The Morgan fingerprint density at radius 2 is 1.23 bits per heavy atom. The predicted molar refractivity (Wildman–Crippen MR) is 181 cm³/mol. The van der Waals surface area contributed by atoms with E-state index >= 15 is 0 Å². The molecule has 2 unspecified atom stereocenters. The molecule has 0 saturated heterocycles. The number of para-hydroxylation sites is 2. The van der Waals surface area contributed by atoms with E-state index in [4.69, 9.17) is 0 Å². The van der Waals surface area contributed by atoms with E-state index in [0.29, 0.717) is 12.0 Å². The number of rotatable bonds is 3. The summed E-state index contributed by atoms with van der Waals surface area (Å²) in [6.07, 6.45) is 7.38. The van der Waals surface area contributed by atoms with Gasteiger partial charge in [-0.2, -0.15) is 0 Å². The summed E-state index contributed by atoms with van der Waals surface area (Å²) in [6.45, 7) is 0. The molecule has 3 nitrogen and oxygen atoms in total. The molecule has 3 heteroatoms. The predicted octanol–water partition coefficient (Wildman–Crippen LogP) is 9.93. The van der Waals surface area contributed by atoms with Crippen molar-refractivity contribution in [2.75, 3.05) is 5.32 Å². The lowest BCUT2D eigenvalue weighted by atomic mass is 9.77. The zero-order valence-electron chi connectivity index (χ0n) is 24.4. The average molecular weight is 560 g/mol. The van der Waals surface area contributed by atoms with Crippen LogP contribution in [-0.4, -0.2) is 16.0 Å². The minimum absolute atomic E-state index is 0.317. The van der Waals surface area contributed by atoms with Gasteiger partial charge in [-0.3, -0.25) is 0 Å². The quantitative estimate of drug-likeness (QED) is 0.198.